The molecular formula is C15H17ClN2OS. The third-order valence-corrected chi connectivity index (χ3v) is 4.35. The van der Waals surface area contributed by atoms with Crippen LogP contribution in [0, 0.1) is 6.92 Å². The lowest BCUT2D eigenvalue weighted by Crippen LogP contribution is -2.26. The molecule has 0 aliphatic rings. The molecule has 0 saturated heterocycles. The van der Waals surface area contributed by atoms with Crippen LogP contribution in [0.15, 0.2) is 23.6 Å². The molecule has 106 valence electrons. The highest BCUT2D eigenvalue weighted by Gasteiger charge is 2.15. The molecule has 0 aliphatic carbocycles. The number of hydrogen-bond acceptors (Lipinski definition) is 3. The van der Waals surface area contributed by atoms with Gasteiger partial charge in [-0.15, -0.1) is 11.3 Å². The average Bonchev–Trinajstić information content (AvgIpc) is 2.82. The Bertz CT molecular complexity index is 624. The second-order valence-electron chi connectivity index (χ2n) is 4.71. The SMILES string of the molecule is CCc1cc(C(=O)N(C)Cc2sccc2C)cc(Cl)n1. The molecule has 2 aromatic heterocycles. The third kappa shape index (κ3) is 3.38. The molecule has 0 N–H and O–H groups in total. The van der Waals surface area contributed by atoms with Crippen LogP contribution in [0.4, 0.5) is 0 Å². The van der Waals surface area contributed by atoms with Crippen molar-refractivity contribution >= 4 is 28.8 Å². The van der Waals surface area contributed by atoms with Crippen molar-refractivity contribution in [3.8, 4) is 0 Å². The van der Waals surface area contributed by atoms with E-state index in [4.69, 9.17) is 11.6 Å². The molecule has 2 aromatic rings. The Kier molecular flexibility index (Phi) is 4.78. The average molecular weight is 309 g/mol. The van der Waals surface area contributed by atoms with Crippen LogP contribution in [0.25, 0.3) is 0 Å². The normalized spacial score (nSPS) is 10.6. The summed E-state index contributed by atoms with van der Waals surface area (Å²) in [6.45, 7) is 4.66. The number of carbonyl (C=O) groups is 1. The number of aryl methyl sites for hydroxylation is 2. The predicted molar refractivity (Wildman–Crippen MR) is 83.5 cm³/mol. The molecule has 0 radical (unpaired) electrons. The van der Waals surface area contributed by atoms with Gasteiger partial charge in [0, 0.05) is 23.2 Å². The lowest BCUT2D eigenvalue weighted by Gasteiger charge is -2.17. The fourth-order valence-electron chi connectivity index (χ4n) is 1.93. The summed E-state index contributed by atoms with van der Waals surface area (Å²) in [5.41, 5.74) is 2.65. The Labute approximate surface area is 128 Å². The van der Waals surface area contributed by atoms with E-state index < -0.39 is 0 Å². The number of aromatic nitrogens is 1. The topological polar surface area (TPSA) is 33.2 Å². The quantitative estimate of drug-likeness (QED) is 0.802. The van der Waals surface area contributed by atoms with Crippen molar-refractivity contribution in [3.05, 3.63) is 50.4 Å². The minimum Gasteiger partial charge on any atom is -0.337 e. The summed E-state index contributed by atoms with van der Waals surface area (Å²) in [6, 6.07) is 5.50. The number of nitrogens with zero attached hydrogens (tertiary/aromatic N) is 2. The van der Waals surface area contributed by atoms with Gasteiger partial charge >= 0.3 is 0 Å². The smallest absolute Gasteiger partial charge is 0.254 e. The van der Waals surface area contributed by atoms with E-state index in [0.29, 0.717) is 17.3 Å². The van der Waals surface area contributed by atoms with Gasteiger partial charge in [0.25, 0.3) is 5.91 Å². The van der Waals surface area contributed by atoms with Crippen molar-refractivity contribution in [1.82, 2.24) is 9.88 Å². The van der Waals surface area contributed by atoms with Gasteiger partial charge < -0.3 is 4.90 Å². The van der Waals surface area contributed by atoms with Gasteiger partial charge in [-0.05, 0) is 42.5 Å². The molecule has 20 heavy (non-hydrogen) atoms. The maximum atomic E-state index is 12.4. The summed E-state index contributed by atoms with van der Waals surface area (Å²) < 4.78 is 0. The minimum absolute atomic E-state index is 0.0307. The van der Waals surface area contributed by atoms with Crippen LogP contribution < -0.4 is 0 Å². The Balaban J connectivity index is 2.18. The Morgan fingerprint density at radius 3 is 2.80 bits per heavy atom. The fraction of sp³-hybridized carbons (Fsp3) is 0.333. The first-order valence-corrected chi connectivity index (χ1v) is 7.72. The van der Waals surface area contributed by atoms with Gasteiger partial charge in [-0.1, -0.05) is 18.5 Å². The van der Waals surface area contributed by atoms with E-state index in [1.807, 2.05) is 18.4 Å². The number of carbonyl (C=O) groups excluding carboxylic acids is 1. The molecule has 2 rings (SSSR count). The van der Waals surface area contributed by atoms with Crippen molar-refractivity contribution in [3.63, 3.8) is 0 Å². The number of halogens is 1. The van der Waals surface area contributed by atoms with Crippen LogP contribution >= 0.6 is 22.9 Å². The predicted octanol–water partition coefficient (Wildman–Crippen LogP) is 3.94. The molecule has 0 aromatic carbocycles. The van der Waals surface area contributed by atoms with Crippen molar-refractivity contribution in [2.24, 2.45) is 0 Å². The maximum Gasteiger partial charge on any atom is 0.254 e. The zero-order valence-electron chi connectivity index (χ0n) is 11.8. The third-order valence-electron chi connectivity index (χ3n) is 3.15. The van der Waals surface area contributed by atoms with Crippen LogP contribution in [0.3, 0.4) is 0 Å². The standard InChI is InChI=1S/C15H17ClN2OS/c1-4-12-7-11(8-14(16)17-12)15(19)18(3)9-13-10(2)5-6-20-13/h5-8H,4,9H2,1-3H3. The molecule has 0 spiro atoms. The summed E-state index contributed by atoms with van der Waals surface area (Å²) >= 11 is 7.63. The second kappa shape index (κ2) is 6.37. The van der Waals surface area contributed by atoms with Crippen LogP contribution in [0.2, 0.25) is 5.15 Å². The highest BCUT2D eigenvalue weighted by molar-refractivity contribution is 7.10. The fourth-order valence-corrected chi connectivity index (χ4v) is 3.11. The number of rotatable bonds is 4. The molecule has 1 amide bonds. The van der Waals surface area contributed by atoms with Crippen molar-refractivity contribution in [2.75, 3.05) is 7.05 Å². The van der Waals surface area contributed by atoms with Gasteiger partial charge in [0.15, 0.2) is 0 Å². The maximum absolute atomic E-state index is 12.4. The lowest BCUT2D eigenvalue weighted by molar-refractivity contribution is 0.0786. The molecule has 0 bridgehead atoms. The number of amides is 1. The monoisotopic (exact) mass is 308 g/mol. The summed E-state index contributed by atoms with van der Waals surface area (Å²) in [7, 11) is 1.81. The minimum atomic E-state index is -0.0307. The zero-order valence-corrected chi connectivity index (χ0v) is 13.4. The van der Waals surface area contributed by atoms with E-state index in [1.54, 1.807) is 29.4 Å². The lowest BCUT2D eigenvalue weighted by atomic mass is 10.2. The van der Waals surface area contributed by atoms with Gasteiger partial charge in [0.1, 0.15) is 5.15 Å². The van der Waals surface area contributed by atoms with E-state index in [0.717, 1.165) is 12.1 Å². The molecular weight excluding hydrogens is 292 g/mol. The summed E-state index contributed by atoms with van der Waals surface area (Å²) in [4.78, 5) is 19.5. The zero-order chi connectivity index (χ0) is 14.7. The van der Waals surface area contributed by atoms with Crippen LogP contribution in [0.1, 0.15) is 33.4 Å². The summed E-state index contributed by atoms with van der Waals surface area (Å²) in [5, 5.41) is 2.41. The molecule has 3 nitrogen and oxygen atoms in total. The first-order chi connectivity index (χ1) is 9.51. The van der Waals surface area contributed by atoms with Gasteiger partial charge in [-0.2, -0.15) is 0 Å². The molecule has 0 aliphatic heterocycles. The highest BCUT2D eigenvalue weighted by atomic mass is 35.5. The van der Waals surface area contributed by atoms with Crippen molar-refractivity contribution < 1.29 is 4.79 Å². The van der Waals surface area contributed by atoms with Crippen LogP contribution in [-0.4, -0.2) is 22.8 Å². The molecule has 0 unspecified atom stereocenters. The van der Waals surface area contributed by atoms with E-state index in [2.05, 4.69) is 18.0 Å². The second-order valence-corrected chi connectivity index (χ2v) is 6.10. The van der Waals surface area contributed by atoms with Crippen LogP contribution in [-0.2, 0) is 13.0 Å². The Morgan fingerprint density at radius 2 is 2.20 bits per heavy atom. The van der Waals surface area contributed by atoms with Crippen molar-refractivity contribution in [1.29, 1.82) is 0 Å². The number of hydrogen-bond donors (Lipinski definition) is 0. The van der Waals surface area contributed by atoms with Gasteiger partial charge in [-0.25, -0.2) is 4.98 Å². The van der Waals surface area contributed by atoms with Gasteiger partial charge in [-0.3, -0.25) is 4.79 Å². The first-order valence-electron chi connectivity index (χ1n) is 6.46. The molecule has 0 fully saturated rings. The van der Waals surface area contributed by atoms with Crippen LogP contribution in [0.5, 0.6) is 0 Å². The molecule has 0 atom stereocenters. The molecule has 5 heteroatoms. The van der Waals surface area contributed by atoms with E-state index in [1.165, 1.54) is 10.4 Å². The Morgan fingerprint density at radius 1 is 1.45 bits per heavy atom. The van der Waals surface area contributed by atoms with Gasteiger partial charge in [0.05, 0.1) is 6.54 Å². The Hall–Kier alpha value is -1.39. The van der Waals surface area contributed by atoms with E-state index in [-0.39, 0.29) is 5.91 Å². The van der Waals surface area contributed by atoms with Gasteiger partial charge in [0.2, 0.25) is 0 Å². The molecule has 0 saturated carbocycles. The highest BCUT2D eigenvalue weighted by Crippen LogP contribution is 2.19. The first kappa shape index (κ1) is 15.0. The van der Waals surface area contributed by atoms with E-state index in [9.17, 15) is 4.79 Å². The number of thiophene rings is 1. The summed E-state index contributed by atoms with van der Waals surface area (Å²) in [5.74, 6) is -0.0307. The molecule has 2 heterocycles. The number of pyridine rings is 1. The van der Waals surface area contributed by atoms with Crippen molar-refractivity contribution in [2.45, 2.75) is 26.8 Å². The summed E-state index contributed by atoms with van der Waals surface area (Å²) in [6.07, 6.45) is 0.759. The largest absolute Gasteiger partial charge is 0.337 e. The van der Waals surface area contributed by atoms with E-state index >= 15 is 0 Å².